The van der Waals surface area contributed by atoms with E-state index >= 15 is 0 Å². The van der Waals surface area contributed by atoms with Gasteiger partial charge in [0.2, 0.25) is 0 Å². The molecule has 5 nitrogen and oxygen atoms in total. The molecule has 86 valence electrons. The summed E-state index contributed by atoms with van der Waals surface area (Å²) in [7, 11) is 0. The molecule has 2 N–H and O–H groups in total. The second-order valence-corrected chi connectivity index (χ2v) is 4.28. The number of aryl methyl sites for hydroxylation is 1. The Bertz CT molecular complexity index is 461. The van der Waals surface area contributed by atoms with Crippen molar-refractivity contribution in [3.05, 3.63) is 29.7 Å². The Morgan fingerprint density at radius 1 is 1.38 bits per heavy atom. The fraction of sp³-hybridized carbons (Fsp3) is 0.455. The number of nitrogens with two attached hydrogens (primary N) is 1. The van der Waals surface area contributed by atoms with Gasteiger partial charge in [0.15, 0.2) is 0 Å². The highest BCUT2D eigenvalue weighted by atomic mass is 15.3. The summed E-state index contributed by atoms with van der Waals surface area (Å²) in [5.41, 5.74) is 7.69. The van der Waals surface area contributed by atoms with E-state index in [2.05, 4.69) is 24.0 Å². The van der Waals surface area contributed by atoms with Crippen molar-refractivity contribution in [2.24, 2.45) is 0 Å². The first-order chi connectivity index (χ1) is 7.56. The van der Waals surface area contributed by atoms with Crippen LogP contribution < -0.4 is 5.73 Å². The molecule has 0 fully saturated rings. The number of nitrogens with zero attached hydrogens (tertiary/aromatic N) is 4. The summed E-state index contributed by atoms with van der Waals surface area (Å²) in [5, 5.41) is 8.66. The van der Waals surface area contributed by atoms with Gasteiger partial charge in [-0.2, -0.15) is 10.2 Å². The maximum absolute atomic E-state index is 5.69. The third kappa shape index (κ3) is 2.08. The van der Waals surface area contributed by atoms with Gasteiger partial charge in [0.1, 0.15) is 5.82 Å². The van der Waals surface area contributed by atoms with Crippen molar-refractivity contribution in [2.75, 3.05) is 5.73 Å². The van der Waals surface area contributed by atoms with E-state index in [4.69, 9.17) is 5.73 Å². The first kappa shape index (κ1) is 10.7. The zero-order valence-electron chi connectivity index (χ0n) is 9.88. The van der Waals surface area contributed by atoms with Crippen molar-refractivity contribution in [3.8, 4) is 0 Å². The minimum atomic E-state index is 0.387. The molecule has 0 aliphatic heterocycles. The van der Waals surface area contributed by atoms with Crippen molar-refractivity contribution in [1.29, 1.82) is 0 Å². The van der Waals surface area contributed by atoms with Crippen molar-refractivity contribution in [2.45, 2.75) is 33.4 Å². The van der Waals surface area contributed by atoms with Crippen molar-refractivity contribution < 1.29 is 0 Å². The van der Waals surface area contributed by atoms with Gasteiger partial charge in [0, 0.05) is 24.0 Å². The summed E-state index contributed by atoms with van der Waals surface area (Å²) < 4.78 is 3.76. The number of hydrogen-bond donors (Lipinski definition) is 1. The van der Waals surface area contributed by atoms with Gasteiger partial charge in [-0.05, 0) is 26.8 Å². The number of rotatable bonds is 3. The summed E-state index contributed by atoms with van der Waals surface area (Å²) in [4.78, 5) is 0. The molecule has 0 aliphatic rings. The van der Waals surface area contributed by atoms with Gasteiger partial charge in [-0.1, -0.05) is 0 Å². The first-order valence-corrected chi connectivity index (χ1v) is 5.40. The quantitative estimate of drug-likeness (QED) is 0.852. The molecule has 0 atom stereocenters. The van der Waals surface area contributed by atoms with Crippen LogP contribution in [-0.2, 0) is 6.54 Å². The van der Waals surface area contributed by atoms with Gasteiger partial charge in [-0.15, -0.1) is 0 Å². The highest BCUT2D eigenvalue weighted by Gasteiger charge is 2.05. The van der Waals surface area contributed by atoms with E-state index in [9.17, 15) is 0 Å². The second-order valence-electron chi connectivity index (χ2n) is 4.28. The summed E-state index contributed by atoms with van der Waals surface area (Å²) in [6.07, 6.45) is 3.92. The van der Waals surface area contributed by atoms with E-state index in [0.29, 0.717) is 18.4 Å². The molecular formula is C11H17N5. The first-order valence-electron chi connectivity index (χ1n) is 5.40. The number of aromatic nitrogens is 4. The number of nitrogen functional groups attached to an aromatic ring is 1. The smallest absolute Gasteiger partial charge is 0.148 e. The van der Waals surface area contributed by atoms with Gasteiger partial charge < -0.3 is 5.73 Å². The molecule has 0 unspecified atom stereocenters. The predicted octanol–water partition coefficient (Wildman–Crippen LogP) is 1.60. The lowest BCUT2D eigenvalue weighted by Crippen LogP contribution is -2.05. The molecule has 5 heteroatoms. The summed E-state index contributed by atoms with van der Waals surface area (Å²) in [6.45, 7) is 6.82. The van der Waals surface area contributed by atoms with Gasteiger partial charge in [-0.3, -0.25) is 9.36 Å². The lowest BCUT2D eigenvalue weighted by Gasteiger charge is -2.03. The van der Waals surface area contributed by atoms with Gasteiger partial charge >= 0.3 is 0 Å². The largest absolute Gasteiger partial charge is 0.382 e. The minimum absolute atomic E-state index is 0.387. The molecule has 16 heavy (non-hydrogen) atoms. The van der Waals surface area contributed by atoms with Crippen LogP contribution in [0.3, 0.4) is 0 Å². The molecule has 0 radical (unpaired) electrons. The van der Waals surface area contributed by atoms with E-state index in [1.165, 1.54) is 0 Å². The molecule has 0 amide bonds. The zero-order valence-corrected chi connectivity index (χ0v) is 9.88. The van der Waals surface area contributed by atoms with Crippen LogP contribution in [-0.4, -0.2) is 19.6 Å². The third-order valence-corrected chi connectivity index (χ3v) is 2.50. The standard InChI is InChI=1S/C11H17N5/c1-8(2)16-5-4-10(13-16)7-15-6-9(3)11(12)14-15/h4-6,8H,7H2,1-3H3,(H2,12,14). The van der Waals surface area contributed by atoms with E-state index < -0.39 is 0 Å². The predicted molar refractivity (Wildman–Crippen MR) is 63.1 cm³/mol. The van der Waals surface area contributed by atoms with Crippen LogP contribution in [0.2, 0.25) is 0 Å². The monoisotopic (exact) mass is 219 g/mol. The molecule has 0 spiro atoms. The van der Waals surface area contributed by atoms with Crippen molar-refractivity contribution in [1.82, 2.24) is 19.6 Å². The van der Waals surface area contributed by atoms with E-state index in [1.807, 2.05) is 34.7 Å². The molecule has 2 aromatic heterocycles. The maximum atomic E-state index is 5.69. The summed E-state index contributed by atoms with van der Waals surface area (Å²) in [6, 6.07) is 2.39. The Morgan fingerprint density at radius 3 is 2.62 bits per heavy atom. The van der Waals surface area contributed by atoms with Crippen LogP contribution in [0.15, 0.2) is 18.5 Å². The van der Waals surface area contributed by atoms with Crippen LogP contribution in [0.25, 0.3) is 0 Å². The van der Waals surface area contributed by atoms with Crippen molar-refractivity contribution >= 4 is 5.82 Å². The second kappa shape index (κ2) is 4.00. The van der Waals surface area contributed by atoms with E-state index in [-0.39, 0.29) is 0 Å². The van der Waals surface area contributed by atoms with Gasteiger partial charge in [-0.25, -0.2) is 0 Å². The van der Waals surface area contributed by atoms with Gasteiger partial charge in [0.25, 0.3) is 0 Å². The number of anilines is 1. The minimum Gasteiger partial charge on any atom is -0.382 e. The lowest BCUT2D eigenvalue weighted by molar-refractivity contribution is 0.521. The molecular weight excluding hydrogens is 202 g/mol. The summed E-state index contributed by atoms with van der Waals surface area (Å²) >= 11 is 0. The molecule has 2 rings (SSSR count). The summed E-state index contributed by atoms with van der Waals surface area (Å²) in [5.74, 6) is 0.586. The Kier molecular flexibility index (Phi) is 2.68. The molecule has 0 saturated heterocycles. The highest BCUT2D eigenvalue weighted by Crippen LogP contribution is 2.09. The molecule has 0 aliphatic carbocycles. The van der Waals surface area contributed by atoms with Gasteiger partial charge in [0.05, 0.1) is 12.2 Å². The van der Waals surface area contributed by atoms with E-state index in [0.717, 1.165) is 11.3 Å². The third-order valence-electron chi connectivity index (χ3n) is 2.50. The SMILES string of the molecule is Cc1cn(Cc2ccn(C(C)C)n2)nc1N. The van der Waals surface area contributed by atoms with Crippen LogP contribution in [0, 0.1) is 6.92 Å². The Hall–Kier alpha value is -1.78. The molecule has 0 saturated carbocycles. The average molecular weight is 219 g/mol. The zero-order chi connectivity index (χ0) is 11.7. The number of hydrogen-bond acceptors (Lipinski definition) is 3. The molecule has 2 aromatic rings. The van der Waals surface area contributed by atoms with Crippen LogP contribution in [0.4, 0.5) is 5.82 Å². The highest BCUT2D eigenvalue weighted by molar-refractivity contribution is 5.35. The van der Waals surface area contributed by atoms with Crippen LogP contribution >= 0.6 is 0 Å². The molecule has 0 aromatic carbocycles. The fourth-order valence-corrected chi connectivity index (χ4v) is 1.53. The van der Waals surface area contributed by atoms with Crippen molar-refractivity contribution in [3.63, 3.8) is 0 Å². The van der Waals surface area contributed by atoms with Crippen LogP contribution in [0.5, 0.6) is 0 Å². The topological polar surface area (TPSA) is 61.7 Å². The normalized spacial score (nSPS) is 11.2. The fourth-order valence-electron chi connectivity index (χ4n) is 1.53. The maximum Gasteiger partial charge on any atom is 0.148 e. The lowest BCUT2D eigenvalue weighted by atomic mass is 10.4. The molecule has 0 bridgehead atoms. The Balaban J connectivity index is 2.14. The molecule has 2 heterocycles. The Labute approximate surface area is 94.9 Å². The van der Waals surface area contributed by atoms with E-state index in [1.54, 1.807) is 0 Å². The average Bonchev–Trinajstić information content (AvgIpc) is 2.76. The Morgan fingerprint density at radius 2 is 2.12 bits per heavy atom. The van der Waals surface area contributed by atoms with Crippen LogP contribution in [0.1, 0.15) is 31.1 Å².